The minimum Gasteiger partial charge on any atom is -0.322 e. The molecular weight excluding hydrogens is 352 g/mol. The molecule has 2 N–H and O–H groups in total. The van der Waals surface area contributed by atoms with Crippen LogP contribution in [0.2, 0.25) is 0 Å². The highest BCUT2D eigenvalue weighted by atomic mass is 16.2. The molecule has 1 saturated carbocycles. The average Bonchev–Trinajstić information content (AvgIpc) is 2.69. The number of anilines is 1. The third-order valence-electron chi connectivity index (χ3n) is 5.74. The number of quaternary nitrogens is 1. The molecule has 0 aliphatic heterocycles. The molecule has 152 valence electrons. The second-order valence-corrected chi connectivity index (χ2v) is 7.87. The number of carbonyl (C=O) groups is 2. The van der Waals surface area contributed by atoms with E-state index in [0.717, 1.165) is 61.2 Å². The number of aryl methyl sites for hydroxylation is 1. The number of benzene rings is 1. The van der Waals surface area contributed by atoms with Crippen molar-refractivity contribution in [1.82, 2.24) is 4.90 Å². The van der Waals surface area contributed by atoms with Crippen molar-refractivity contribution in [2.75, 3.05) is 32.0 Å². The van der Waals surface area contributed by atoms with Gasteiger partial charge in [-0.2, -0.15) is 5.26 Å². The first-order valence-electron chi connectivity index (χ1n) is 10.3. The number of rotatable bonds is 8. The molecule has 0 spiro atoms. The topological polar surface area (TPSA) is 77.6 Å². The van der Waals surface area contributed by atoms with Crippen LogP contribution in [0.5, 0.6) is 0 Å². The molecule has 1 atom stereocenters. The summed E-state index contributed by atoms with van der Waals surface area (Å²) in [6.07, 6.45) is 5.45. The SMILES string of the molecule is CCC[NH+](CC(=O)Nc1ccccc1C)CC(=O)N(C)C1(C#N)CCCCC1. The van der Waals surface area contributed by atoms with Gasteiger partial charge in [-0.3, -0.25) is 9.59 Å². The fraction of sp³-hybridized carbons (Fsp3) is 0.591. The molecule has 28 heavy (non-hydrogen) atoms. The monoisotopic (exact) mass is 385 g/mol. The van der Waals surface area contributed by atoms with E-state index in [1.165, 1.54) is 0 Å². The van der Waals surface area contributed by atoms with Crippen LogP contribution < -0.4 is 10.2 Å². The molecule has 6 heteroatoms. The van der Waals surface area contributed by atoms with Crippen molar-refractivity contribution in [3.8, 4) is 6.07 Å². The van der Waals surface area contributed by atoms with Crippen molar-refractivity contribution in [1.29, 1.82) is 5.26 Å². The zero-order valence-electron chi connectivity index (χ0n) is 17.4. The predicted molar refractivity (Wildman–Crippen MR) is 110 cm³/mol. The third kappa shape index (κ3) is 5.56. The molecule has 0 radical (unpaired) electrons. The van der Waals surface area contributed by atoms with E-state index < -0.39 is 5.54 Å². The van der Waals surface area contributed by atoms with E-state index >= 15 is 0 Å². The molecule has 6 nitrogen and oxygen atoms in total. The summed E-state index contributed by atoms with van der Waals surface area (Å²) < 4.78 is 0. The van der Waals surface area contributed by atoms with E-state index in [0.29, 0.717) is 0 Å². The molecule has 1 aliphatic carbocycles. The standard InChI is InChI=1S/C22H32N4O2/c1-4-14-26(15-20(27)24-19-11-7-6-10-18(19)2)16-21(28)25(3)22(17-23)12-8-5-9-13-22/h6-7,10-11H,4-5,8-9,12-16H2,1-3H3,(H,24,27)/p+1. The van der Waals surface area contributed by atoms with Gasteiger partial charge in [0.1, 0.15) is 5.54 Å². The number of likely N-dealkylation sites (N-methyl/N-ethyl adjacent to an activating group) is 1. The quantitative estimate of drug-likeness (QED) is 0.718. The maximum absolute atomic E-state index is 12.9. The molecule has 0 aromatic heterocycles. The van der Waals surface area contributed by atoms with Crippen LogP contribution in [0.3, 0.4) is 0 Å². The van der Waals surface area contributed by atoms with E-state index in [1.54, 1.807) is 11.9 Å². The summed E-state index contributed by atoms with van der Waals surface area (Å²) in [5.74, 6) is -0.156. The Balaban J connectivity index is 1.99. The smallest absolute Gasteiger partial charge is 0.279 e. The summed E-state index contributed by atoms with van der Waals surface area (Å²) in [7, 11) is 1.74. The normalized spacial score (nSPS) is 16.6. The number of hydrogen-bond donors (Lipinski definition) is 2. The van der Waals surface area contributed by atoms with Crippen molar-refractivity contribution in [2.24, 2.45) is 0 Å². The second kappa shape index (κ2) is 10.2. The molecule has 0 bridgehead atoms. The van der Waals surface area contributed by atoms with Crippen molar-refractivity contribution in [3.63, 3.8) is 0 Å². The highest BCUT2D eigenvalue weighted by Crippen LogP contribution is 2.32. The van der Waals surface area contributed by atoms with Gasteiger partial charge in [-0.05, 0) is 37.8 Å². The Bertz CT molecular complexity index is 719. The van der Waals surface area contributed by atoms with Crippen LogP contribution in [0.4, 0.5) is 5.69 Å². The molecule has 1 unspecified atom stereocenters. The van der Waals surface area contributed by atoms with Crippen molar-refractivity contribution >= 4 is 17.5 Å². The number of nitriles is 1. The fourth-order valence-corrected chi connectivity index (χ4v) is 3.96. The first-order valence-corrected chi connectivity index (χ1v) is 10.3. The van der Waals surface area contributed by atoms with Crippen LogP contribution in [0, 0.1) is 18.3 Å². The van der Waals surface area contributed by atoms with Crippen molar-refractivity contribution in [2.45, 2.75) is 57.9 Å². The van der Waals surface area contributed by atoms with Gasteiger partial charge in [-0.15, -0.1) is 0 Å². The van der Waals surface area contributed by atoms with Crippen LogP contribution in [0.15, 0.2) is 24.3 Å². The van der Waals surface area contributed by atoms with Gasteiger partial charge in [-0.1, -0.05) is 44.4 Å². The van der Waals surface area contributed by atoms with E-state index in [1.807, 2.05) is 38.1 Å². The second-order valence-electron chi connectivity index (χ2n) is 7.87. The highest BCUT2D eigenvalue weighted by molar-refractivity contribution is 5.92. The van der Waals surface area contributed by atoms with E-state index in [-0.39, 0.29) is 24.9 Å². The van der Waals surface area contributed by atoms with Gasteiger partial charge in [0.2, 0.25) is 0 Å². The Morgan fingerprint density at radius 2 is 1.89 bits per heavy atom. The maximum atomic E-state index is 12.9. The van der Waals surface area contributed by atoms with Crippen LogP contribution >= 0.6 is 0 Å². The lowest BCUT2D eigenvalue weighted by Crippen LogP contribution is -3.14. The fourth-order valence-electron chi connectivity index (χ4n) is 3.96. The zero-order valence-corrected chi connectivity index (χ0v) is 17.4. The summed E-state index contributed by atoms with van der Waals surface area (Å²) in [5.41, 5.74) is 1.13. The van der Waals surface area contributed by atoms with Crippen molar-refractivity contribution in [3.05, 3.63) is 29.8 Å². The number of nitrogens with one attached hydrogen (secondary N) is 2. The van der Waals surface area contributed by atoms with Gasteiger partial charge in [0.15, 0.2) is 13.1 Å². The summed E-state index contributed by atoms with van der Waals surface area (Å²) in [4.78, 5) is 28.0. The number of nitrogens with zero attached hydrogens (tertiary/aromatic N) is 2. The summed E-state index contributed by atoms with van der Waals surface area (Å²) in [6.45, 7) is 5.21. The molecular formula is C22H33N4O2+. The van der Waals surface area contributed by atoms with Crippen molar-refractivity contribution < 1.29 is 14.5 Å². The third-order valence-corrected chi connectivity index (χ3v) is 5.74. The molecule has 2 rings (SSSR count). The van der Waals surface area contributed by atoms with Gasteiger partial charge in [0, 0.05) is 12.7 Å². The Labute approximate surface area is 168 Å². The number of hydrogen-bond acceptors (Lipinski definition) is 3. The lowest BCUT2D eigenvalue weighted by molar-refractivity contribution is -0.884. The van der Waals surface area contributed by atoms with E-state index in [2.05, 4.69) is 11.4 Å². The Morgan fingerprint density at radius 1 is 1.21 bits per heavy atom. The average molecular weight is 386 g/mol. The van der Waals surface area contributed by atoms with Gasteiger partial charge in [0.25, 0.3) is 11.8 Å². The van der Waals surface area contributed by atoms with E-state index in [9.17, 15) is 14.9 Å². The summed E-state index contributed by atoms with van der Waals surface area (Å²) in [5, 5.41) is 12.7. The van der Waals surface area contributed by atoms with Crippen LogP contribution in [-0.4, -0.2) is 48.9 Å². The number of amides is 2. The molecule has 2 amide bonds. The van der Waals surface area contributed by atoms with Gasteiger partial charge in [-0.25, -0.2) is 0 Å². The molecule has 1 aliphatic rings. The van der Waals surface area contributed by atoms with E-state index in [4.69, 9.17) is 0 Å². The first-order chi connectivity index (χ1) is 13.4. The zero-order chi connectivity index (χ0) is 20.6. The number of para-hydroxylation sites is 1. The maximum Gasteiger partial charge on any atom is 0.279 e. The first kappa shape index (κ1) is 21.9. The predicted octanol–water partition coefficient (Wildman–Crippen LogP) is 1.91. The molecule has 0 heterocycles. The summed E-state index contributed by atoms with van der Waals surface area (Å²) in [6, 6.07) is 10.1. The van der Waals surface area contributed by atoms with Gasteiger partial charge >= 0.3 is 0 Å². The Morgan fingerprint density at radius 3 is 2.50 bits per heavy atom. The van der Waals surface area contributed by atoms with Crippen LogP contribution in [-0.2, 0) is 9.59 Å². The van der Waals surface area contributed by atoms with Gasteiger partial charge in [0.05, 0.1) is 12.6 Å². The lowest BCUT2D eigenvalue weighted by Gasteiger charge is -2.39. The minimum atomic E-state index is -0.684. The molecule has 1 fully saturated rings. The minimum absolute atomic E-state index is 0.0596. The Kier molecular flexibility index (Phi) is 8.01. The largest absolute Gasteiger partial charge is 0.322 e. The Hall–Kier alpha value is -2.39. The number of carbonyl (C=O) groups excluding carboxylic acids is 2. The van der Waals surface area contributed by atoms with Crippen LogP contribution in [0.25, 0.3) is 0 Å². The molecule has 1 aromatic rings. The summed E-state index contributed by atoms with van der Waals surface area (Å²) >= 11 is 0. The lowest BCUT2D eigenvalue weighted by atomic mass is 9.81. The van der Waals surface area contributed by atoms with Gasteiger partial charge < -0.3 is 15.1 Å². The van der Waals surface area contributed by atoms with Crippen LogP contribution in [0.1, 0.15) is 51.0 Å². The molecule has 1 aromatic carbocycles. The highest BCUT2D eigenvalue weighted by Gasteiger charge is 2.39. The molecule has 0 saturated heterocycles.